The molecule has 1 aromatic rings. The molecule has 2 heterocycles. The highest BCUT2D eigenvalue weighted by atomic mass is 19.1. The van der Waals surface area contributed by atoms with Crippen LogP contribution in [-0.2, 0) is 16.1 Å². The number of nitrogens with zero attached hydrogens (tertiary/aromatic N) is 2. The fourth-order valence-corrected chi connectivity index (χ4v) is 4.78. The number of amides is 1. The van der Waals surface area contributed by atoms with Crippen molar-refractivity contribution in [3.63, 3.8) is 0 Å². The number of benzene rings is 1. The molecular formula is C22H31FN2O2. The molecule has 0 radical (unpaired) electrons. The minimum atomic E-state index is -0.171. The standard InChI is InChI=1S/C22H31FN2O2/c1-2-21(26)24-12-10-22(11-13-24)15-20(9-14-27-22)25(19-7-8-19)16-17-3-5-18(23)6-4-17/h3-6,19-20H,2,7-16H2,1H3. The van der Waals surface area contributed by atoms with Gasteiger partial charge in [0.05, 0.1) is 5.60 Å². The first kappa shape index (κ1) is 18.9. The molecule has 27 heavy (non-hydrogen) atoms. The van der Waals surface area contributed by atoms with Gasteiger partial charge in [-0.2, -0.15) is 0 Å². The van der Waals surface area contributed by atoms with Crippen LogP contribution in [0.2, 0.25) is 0 Å². The third-order valence-corrected chi connectivity index (χ3v) is 6.56. The van der Waals surface area contributed by atoms with Crippen LogP contribution in [0.25, 0.3) is 0 Å². The average Bonchev–Trinajstić information content (AvgIpc) is 3.53. The predicted molar refractivity (Wildman–Crippen MR) is 103 cm³/mol. The zero-order chi connectivity index (χ0) is 18.9. The van der Waals surface area contributed by atoms with E-state index in [4.69, 9.17) is 4.74 Å². The Morgan fingerprint density at radius 3 is 2.52 bits per heavy atom. The zero-order valence-electron chi connectivity index (χ0n) is 16.3. The molecule has 3 fully saturated rings. The Balaban J connectivity index is 1.42. The van der Waals surface area contributed by atoms with E-state index in [9.17, 15) is 9.18 Å². The van der Waals surface area contributed by atoms with Crippen LogP contribution in [-0.4, -0.2) is 53.1 Å². The first-order valence-corrected chi connectivity index (χ1v) is 10.5. The second-order valence-electron chi connectivity index (χ2n) is 8.44. The normalized spacial score (nSPS) is 25.1. The first-order valence-electron chi connectivity index (χ1n) is 10.5. The van der Waals surface area contributed by atoms with Gasteiger partial charge in [0.1, 0.15) is 5.82 Å². The number of hydrogen-bond donors (Lipinski definition) is 0. The number of carbonyl (C=O) groups excluding carboxylic acids is 1. The maximum atomic E-state index is 13.2. The molecule has 2 aliphatic heterocycles. The molecule has 0 N–H and O–H groups in total. The molecule has 2 saturated heterocycles. The summed E-state index contributed by atoms with van der Waals surface area (Å²) in [6.45, 7) is 5.27. The maximum absolute atomic E-state index is 13.2. The summed E-state index contributed by atoms with van der Waals surface area (Å²) in [5.74, 6) is 0.0863. The summed E-state index contributed by atoms with van der Waals surface area (Å²) in [4.78, 5) is 16.6. The molecule has 1 aromatic carbocycles. The predicted octanol–water partition coefficient (Wildman–Crippen LogP) is 3.74. The highest BCUT2D eigenvalue weighted by Gasteiger charge is 2.44. The highest BCUT2D eigenvalue weighted by Crippen LogP contribution is 2.40. The zero-order valence-corrected chi connectivity index (χ0v) is 16.3. The molecule has 148 valence electrons. The van der Waals surface area contributed by atoms with Gasteiger partial charge in [-0.05, 0) is 56.2 Å². The number of ether oxygens (including phenoxy) is 1. The molecule has 4 nitrogen and oxygen atoms in total. The Morgan fingerprint density at radius 1 is 1.19 bits per heavy atom. The van der Waals surface area contributed by atoms with Crippen molar-refractivity contribution in [3.8, 4) is 0 Å². The van der Waals surface area contributed by atoms with E-state index in [-0.39, 0.29) is 17.3 Å². The lowest BCUT2D eigenvalue weighted by Crippen LogP contribution is -2.54. The number of piperidine rings is 1. The van der Waals surface area contributed by atoms with E-state index >= 15 is 0 Å². The van der Waals surface area contributed by atoms with Crippen LogP contribution in [0.5, 0.6) is 0 Å². The lowest BCUT2D eigenvalue weighted by molar-refractivity contribution is -0.149. The Morgan fingerprint density at radius 2 is 1.89 bits per heavy atom. The second-order valence-corrected chi connectivity index (χ2v) is 8.44. The topological polar surface area (TPSA) is 32.8 Å². The minimum absolute atomic E-state index is 0.0661. The Kier molecular flexibility index (Phi) is 5.51. The third-order valence-electron chi connectivity index (χ3n) is 6.56. The maximum Gasteiger partial charge on any atom is 0.222 e. The van der Waals surface area contributed by atoms with E-state index in [0.717, 1.165) is 51.9 Å². The molecule has 0 bridgehead atoms. The molecular weight excluding hydrogens is 343 g/mol. The SMILES string of the molecule is CCC(=O)N1CCC2(CC1)CC(N(Cc1ccc(F)cc1)C1CC1)CCO2. The number of rotatable bonds is 5. The molecule has 1 aliphatic carbocycles. The fourth-order valence-electron chi connectivity index (χ4n) is 4.78. The Labute approximate surface area is 161 Å². The molecule has 3 aliphatic rings. The number of carbonyl (C=O) groups is 1. The van der Waals surface area contributed by atoms with Gasteiger partial charge in [-0.3, -0.25) is 9.69 Å². The Hall–Kier alpha value is -1.46. The van der Waals surface area contributed by atoms with Crippen molar-refractivity contribution in [2.24, 2.45) is 0 Å². The lowest BCUT2D eigenvalue weighted by atomic mass is 9.81. The summed E-state index contributed by atoms with van der Waals surface area (Å²) >= 11 is 0. The van der Waals surface area contributed by atoms with Crippen molar-refractivity contribution in [3.05, 3.63) is 35.6 Å². The number of likely N-dealkylation sites (tertiary alicyclic amines) is 1. The van der Waals surface area contributed by atoms with Crippen molar-refractivity contribution in [1.82, 2.24) is 9.80 Å². The van der Waals surface area contributed by atoms with Crippen LogP contribution in [0.3, 0.4) is 0 Å². The van der Waals surface area contributed by atoms with E-state index in [1.54, 1.807) is 12.1 Å². The van der Waals surface area contributed by atoms with E-state index < -0.39 is 0 Å². The van der Waals surface area contributed by atoms with Gasteiger partial charge in [-0.1, -0.05) is 19.1 Å². The van der Waals surface area contributed by atoms with Crippen LogP contribution in [0.1, 0.15) is 57.4 Å². The Bertz CT molecular complexity index is 651. The van der Waals surface area contributed by atoms with Crippen molar-refractivity contribution in [1.29, 1.82) is 0 Å². The quantitative estimate of drug-likeness (QED) is 0.787. The molecule has 1 unspecified atom stereocenters. The van der Waals surface area contributed by atoms with Crippen molar-refractivity contribution < 1.29 is 13.9 Å². The van der Waals surface area contributed by atoms with Gasteiger partial charge in [0.25, 0.3) is 0 Å². The summed E-state index contributed by atoms with van der Waals surface area (Å²) in [5.41, 5.74) is 1.12. The molecule has 4 rings (SSSR count). The fraction of sp³-hybridized carbons (Fsp3) is 0.682. The smallest absolute Gasteiger partial charge is 0.222 e. The van der Waals surface area contributed by atoms with Crippen LogP contribution in [0.4, 0.5) is 4.39 Å². The lowest BCUT2D eigenvalue weighted by Gasteiger charge is -2.48. The van der Waals surface area contributed by atoms with E-state index in [1.807, 2.05) is 24.0 Å². The van der Waals surface area contributed by atoms with Crippen LogP contribution >= 0.6 is 0 Å². The summed E-state index contributed by atoms with van der Waals surface area (Å²) in [6.07, 6.45) is 7.14. The van der Waals surface area contributed by atoms with Gasteiger partial charge in [-0.15, -0.1) is 0 Å². The molecule has 1 saturated carbocycles. The van der Waals surface area contributed by atoms with Crippen LogP contribution in [0, 0.1) is 5.82 Å². The van der Waals surface area contributed by atoms with Gasteiger partial charge >= 0.3 is 0 Å². The highest BCUT2D eigenvalue weighted by molar-refractivity contribution is 5.75. The van der Waals surface area contributed by atoms with Gasteiger partial charge < -0.3 is 9.64 Å². The van der Waals surface area contributed by atoms with E-state index in [0.29, 0.717) is 18.5 Å². The summed E-state index contributed by atoms with van der Waals surface area (Å²) < 4.78 is 19.5. The molecule has 1 atom stereocenters. The second kappa shape index (κ2) is 7.88. The van der Waals surface area contributed by atoms with Crippen LogP contribution in [0.15, 0.2) is 24.3 Å². The summed E-state index contributed by atoms with van der Waals surface area (Å²) in [6, 6.07) is 8.13. The number of halogens is 1. The van der Waals surface area contributed by atoms with Crippen LogP contribution < -0.4 is 0 Å². The largest absolute Gasteiger partial charge is 0.375 e. The van der Waals surface area contributed by atoms with Gasteiger partial charge in [0.2, 0.25) is 5.91 Å². The average molecular weight is 375 g/mol. The summed E-state index contributed by atoms with van der Waals surface area (Å²) in [7, 11) is 0. The van der Waals surface area contributed by atoms with Gasteiger partial charge in [0.15, 0.2) is 0 Å². The van der Waals surface area contributed by atoms with Gasteiger partial charge in [-0.25, -0.2) is 4.39 Å². The van der Waals surface area contributed by atoms with Crippen molar-refractivity contribution in [2.75, 3.05) is 19.7 Å². The summed E-state index contributed by atoms with van der Waals surface area (Å²) in [5, 5.41) is 0. The molecule has 5 heteroatoms. The monoisotopic (exact) mass is 374 g/mol. The third kappa shape index (κ3) is 4.35. The minimum Gasteiger partial charge on any atom is -0.375 e. The first-order chi connectivity index (χ1) is 13.1. The van der Waals surface area contributed by atoms with E-state index in [2.05, 4.69) is 4.90 Å². The molecule has 1 amide bonds. The molecule has 0 aromatic heterocycles. The number of hydrogen-bond acceptors (Lipinski definition) is 3. The molecule has 1 spiro atoms. The van der Waals surface area contributed by atoms with Crippen molar-refractivity contribution in [2.45, 2.75) is 76.1 Å². The van der Waals surface area contributed by atoms with Crippen molar-refractivity contribution >= 4 is 5.91 Å². The van der Waals surface area contributed by atoms with E-state index in [1.165, 1.54) is 18.4 Å². The van der Waals surface area contributed by atoms with Gasteiger partial charge in [0, 0.05) is 44.7 Å².